The zero-order valence-electron chi connectivity index (χ0n) is 5.79. The van der Waals surface area contributed by atoms with Crippen LogP contribution in [0.25, 0.3) is 0 Å². The van der Waals surface area contributed by atoms with E-state index in [1.165, 1.54) is 15.3 Å². The smallest absolute Gasteiger partial charge is 0 e. The van der Waals surface area contributed by atoms with Crippen LogP contribution in [0.15, 0.2) is 0 Å². The molecule has 0 unspecified atom stereocenters. The van der Waals surface area contributed by atoms with Crippen molar-refractivity contribution in [3.05, 3.63) is 21.4 Å². The molecule has 0 fully saturated rings. The van der Waals surface area contributed by atoms with E-state index in [1.807, 2.05) is 11.3 Å². The topological polar surface area (TPSA) is 0 Å². The third kappa shape index (κ3) is 2.21. The Morgan fingerprint density at radius 2 is 1.78 bits per heavy atom. The molecule has 1 radical (unpaired) electrons. The van der Waals surface area contributed by atoms with Crippen LogP contribution in [0.5, 0.6) is 0 Å². The maximum absolute atomic E-state index is 3.23. The number of thiophene rings is 1. The van der Waals surface area contributed by atoms with E-state index in [4.69, 9.17) is 0 Å². The maximum atomic E-state index is 3.23. The van der Waals surface area contributed by atoms with E-state index in [-0.39, 0.29) is 20.4 Å². The third-order valence-electron chi connectivity index (χ3n) is 1.20. The second kappa shape index (κ2) is 3.51. The second-order valence-electron chi connectivity index (χ2n) is 1.96. The van der Waals surface area contributed by atoms with Gasteiger partial charge in [0, 0.05) is 20.4 Å². The minimum Gasteiger partial charge on any atom is -0.267 e. The number of hydrogen-bond donors (Lipinski definition) is 0. The minimum atomic E-state index is 0. The van der Waals surface area contributed by atoms with Crippen molar-refractivity contribution in [1.29, 1.82) is 0 Å². The monoisotopic (exact) mass is 312 g/mol. The second-order valence-corrected chi connectivity index (χ2v) is 3.39. The van der Waals surface area contributed by atoms with Crippen LogP contribution < -0.4 is 0 Å². The van der Waals surface area contributed by atoms with E-state index in [9.17, 15) is 0 Å². The van der Waals surface area contributed by atoms with Gasteiger partial charge < -0.3 is 0 Å². The molecule has 1 aromatic heterocycles. The molecule has 2 heteroatoms. The Labute approximate surface area is 73.9 Å². The maximum Gasteiger partial charge on any atom is 0 e. The van der Waals surface area contributed by atoms with Gasteiger partial charge in [-0.05, 0) is 6.92 Å². The molecule has 9 heavy (non-hydrogen) atoms. The van der Waals surface area contributed by atoms with Gasteiger partial charge in [-0.25, -0.2) is 11.6 Å². The average molecular weight is 311 g/mol. The van der Waals surface area contributed by atoms with Crippen LogP contribution in [0.1, 0.15) is 15.3 Å². The fourth-order valence-corrected chi connectivity index (χ4v) is 1.55. The Morgan fingerprint density at radius 1 is 1.22 bits per heavy atom. The van der Waals surface area contributed by atoms with Crippen LogP contribution in [-0.2, 0) is 20.4 Å². The average Bonchev–Trinajstić information content (AvgIpc) is 1.85. The molecule has 0 amide bonds. The summed E-state index contributed by atoms with van der Waals surface area (Å²) in [4.78, 5) is 2.68. The first-order chi connectivity index (χ1) is 3.70. The summed E-state index contributed by atoms with van der Waals surface area (Å²) in [6.07, 6.45) is 0. The molecule has 0 saturated carbocycles. The molecule has 1 rings (SSSR count). The molecule has 0 aliphatic carbocycles. The van der Waals surface area contributed by atoms with Gasteiger partial charge in [0.15, 0.2) is 0 Å². The standard InChI is InChI=1S/C7H9S.Re/c1-5-4-6(2)8-7(5)3;/h1-3H3;/q-1;. The van der Waals surface area contributed by atoms with Crippen molar-refractivity contribution in [3.8, 4) is 0 Å². The van der Waals surface area contributed by atoms with Crippen molar-refractivity contribution in [1.82, 2.24) is 0 Å². The molecule has 0 aliphatic heterocycles. The van der Waals surface area contributed by atoms with E-state index < -0.39 is 0 Å². The minimum absolute atomic E-state index is 0. The summed E-state index contributed by atoms with van der Waals surface area (Å²) in [7, 11) is 0. The largest absolute Gasteiger partial charge is 0.267 e. The third-order valence-corrected chi connectivity index (χ3v) is 2.22. The number of hydrogen-bond acceptors (Lipinski definition) is 1. The zero-order valence-corrected chi connectivity index (χ0v) is 9.32. The molecular formula is C7H9ReS-. The van der Waals surface area contributed by atoms with Crippen LogP contribution in [0.2, 0.25) is 0 Å². The molecule has 1 aromatic rings. The van der Waals surface area contributed by atoms with E-state index in [0.717, 1.165) is 0 Å². The SMILES string of the molecule is Cc1[c-]c(C)c(C)s1.[Re]. The van der Waals surface area contributed by atoms with Crippen molar-refractivity contribution in [2.24, 2.45) is 0 Å². The van der Waals surface area contributed by atoms with Gasteiger partial charge in [0.2, 0.25) is 0 Å². The molecule has 0 nitrogen and oxygen atoms in total. The van der Waals surface area contributed by atoms with Crippen molar-refractivity contribution in [2.45, 2.75) is 20.8 Å². The van der Waals surface area contributed by atoms with Gasteiger partial charge in [-0.2, -0.15) is 0 Å². The molecule has 0 bridgehead atoms. The van der Waals surface area contributed by atoms with Gasteiger partial charge in [-0.1, -0.05) is 13.8 Å². The number of aryl methyl sites for hydroxylation is 3. The quantitative estimate of drug-likeness (QED) is 0.646. The van der Waals surface area contributed by atoms with Crippen molar-refractivity contribution < 1.29 is 20.4 Å². The normalized spacial score (nSPS) is 8.78. The van der Waals surface area contributed by atoms with Gasteiger partial charge in [0.1, 0.15) is 0 Å². The zero-order chi connectivity index (χ0) is 6.15. The predicted molar refractivity (Wildman–Crippen MR) is 37.4 cm³/mol. The number of rotatable bonds is 0. The van der Waals surface area contributed by atoms with E-state index in [1.54, 1.807) is 0 Å². The molecule has 0 spiro atoms. The molecule has 0 saturated heterocycles. The fraction of sp³-hybridized carbons (Fsp3) is 0.429. The summed E-state index contributed by atoms with van der Waals surface area (Å²) < 4.78 is 0. The van der Waals surface area contributed by atoms with Crippen LogP contribution in [-0.4, -0.2) is 0 Å². The van der Waals surface area contributed by atoms with Gasteiger partial charge in [-0.15, -0.1) is 9.75 Å². The molecular weight excluding hydrogens is 302 g/mol. The van der Waals surface area contributed by atoms with Crippen molar-refractivity contribution in [2.75, 3.05) is 0 Å². The summed E-state index contributed by atoms with van der Waals surface area (Å²) >= 11 is 1.81. The Kier molecular flexibility index (Phi) is 3.65. The fourth-order valence-electron chi connectivity index (χ4n) is 0.684. The summed E-state index contributed by atoms with van der Waals surface area (Å²) in [5, 5.41) is 0. The molecule has 0 aromatic carbocycles. The Balaban J connectivity index is 0.000000640. The Bertz CT molecular complexity index is 171. The van der Waals surface area contributed by atoms with E-state index >= 15 is 0 Å². The first kappa shape index (κ1) is 9.36. The van der Waals surface area contributed by atoms with Crippen LogP contribution >= 0.6 is 11.3 Å². The van der Waals surface area contributed by atoms with Crippen LogP contribution in [0.3, 0.4) is 0 Å². The Morgan fingerprint density at radius 3 is 1.89 bits per heavy atom. The van der Waals surface area contributed by atoms with Gasteiger partial charge >= 0.3 is 0 Å². The van der Waals surface area contributed by atoms with Crippen molar-refractivity contribution >= 4 is 11.3 Å². The van der Waals surface area contributed by atoms with Gasteiger partial charge in [-0.3, -0.25) is 11.3 Å². The Hall–Kier alpha value is 0.362. The predicted octanol–water partition coefficient (Wildman–Crippen LogP) is 2.47. The molecule has 0 N–H and O–H groups in total. The summed E-state index contributed by atoms with van der Waals surface area (Å²) in [6.45, 7) is 6.31. The van der Waals surface area contributed by atoms with Crippen molar-refractivity contribution in [3.63, 3.8) is 0 Å². The molecule has 1 heterocycles. The van der Waals surface area contributed by atoms with E-state index in [2.05, 4.69) is 26.8 Å². The van der Waals surface area contributed by atoms with Crippen LogP contribution in [0.4, 0.5) is 0 Å². The molecule has 0 aliphatic rings. The molecule has 51 valence electrons. The summed E-state index contributed by atoms with van der Waals surface area (Å²) in [6, 6.07) is 3.23. The van der Waals surface area contributed by atoms with Gasteiger partial charge in [0.05, 0.1) is 0 Å². The van der Waals surface area contributed by atoms with Crippen LogP contribution in [0, 0.1) is 26.8 Å². The first-order valence-corrected chi connectivity index (χ1v) is 3.47. The first-order valence-electron chi connectivity index (χ1n) is 2.66. The molecule has 0 atom stereocenters. The summed E-state index contributed by atoms with van der Waals surface area (Å²) in [5.74, 6) is 0. The summed E-state index contributed by atoms with van der Waals surface area (Å²) in [5.41, 5.74) is 1.30. The van der Waals surface area contributed by atoms with Gasteiger partial charge in [0.25, 0.3) is 0 Å². The van der Waals surface area contributed by atoms with E-state index in [0.29, 0.717) is 0 Å².